The number of benzene rings is 1. The molecule has 0 aliphatic carbocycles. The molecule has 0 fully saturated rings. The summed E-state index contributed by atoms with van der Waals surface area (Å²) in [6, 6.07) is 8.40. The molecule has 1 N–H and O–H groups in total. The summed E-state index contributed by atoms with van der Waals surface area (Å²) in [6.45, 7) is 4.70. The highest BCUT2D eigenvalue weighted by atomic mass is 32.2. The van der Waals surface area contributed by atoms with Crippen LogP contribution in [-0.2, 0) is 10.0 Å². The van der Waals surface area contributed by atoms with Crippen molar-refractivity contribution in [1.82, 2.24) is 4.72 Å². The molecule has 0 aromatic heterocycles. The molecule has 0 unspecified atom stereocenters. The highest BCUT2D eigenvalue weighted by Gasteiger charge is 2.10. The third-order valence-corrected chi connectivity index (χ3v) is 5.05. The number of thioether (sulfide) groups is 1. The standard InChI is InChI=1S/C14H21NO2S2/c1-13(2)12-18-11-7-6-10-15-19(16,17)14-8-4-3-5-9-14/h3-9,13,15H,10-12H2,1-2H3/b7-6-. The van der Waals surface area contributed by atoms with Gasteiger partial charge in [-0.3, -0.25) is 0 Å². The summed E-state index contributed by atoms with van der Waals surface area (Å²) in [7, 11) is -3.37. The zero-order valence-electron chi connectivity index (χ0n) is 11.4. The van der Waals surface area contributed by atoms with Crippen molar-refractivity contribution in [2.45, 2.75) is 18.7 Å². The molecule has 3 nitrogen and oxygen atoms in total. The summed E-state index contributed by atoms with van der Waals surface area (Å²) in [6.07, 6.45) is 3.86. The summed E-state index contributed by atoms with van der Waals surface area (Å²) in [5.74, 6) is 2.74. The Morgan fingerprint density at radius 3 is 2.53 bits per heavy atom. The molecule has 1 aromatic rings. The first kappa shape index (κ1) is 16.3. The van der Waals surface area contributed by atoms with E-state index in [0.29, 0.717) is 17.4 Å². The second-order valence-electron chi connectivity index (χ2n) is 4.57. The van der Waals surface area contributed by atoms with Crippen molar-refractivity contribution in [2.24, 2.45) is 5.92 Å². The van der Waals surface area contributed by atoms with Crippen LogP contribution in [0.2, 0.25) is 0 Å². The SMILES string of the molecule is CC(C)CSC/C=C\CNS(=O)(=O)c1ccccc1. The third-order valence-electron chi connectivity index (χ3n) is 2.28. The van der Waals surface area contributed by atoms with Crippen LogP contribution in [0.3, 0.4) is 0 Å². The molecule has 0 saturated heterocycles. The minimum atomic E-state index is -3.37. The number of hydrogen-bond donors (Lipinski definition) is 1. The molecule has 0 aliphatic rings. The van der Waals surface area contributed by atoms with Crippen molar-refractivity contribution in [3.63, 3.8) is 0 Å². The van der Waals surface area contributed by atoms with Crippen molar-refractivity contribution in [2.75, 3.05) is 18.1 Å². The van der Waals surface area contributed by atoms with E-state index in [1.54, 1.807) is 30.3 Å². The van der Waals surface area contributed by atoms with E-state index < -0.39 is 10.0 Å². The van der Waals surface area contributed by atoms with E-state index in [9.17, 15) is 8.42 Å². The molecule has 0 saturated carbocycles. The number of sulfonamides is 1. The second kappa shape index (κ2) is 8.40. The predicted octanol–water partition coefficient (Wildman–Crippen LogP) is 2.91. The second-order valence-corrected chi connectivity index (χ2v) is 7.41. The molecule has 0 aliphatic heterocycles. The van der Waals surface area contributed by atoms with Crippen LogP contribution in [0.25, 0.3) is 0 Å². The number of hydrogen-bond acceptors (Lipinski definition) is 3. The number of rotatable bonds is 8. The molecule has 1 aromatic carbocycles. The summed E-state index contributed by atoms with van der Waals surface area (Å²) < 4.78 is 26.3. The normalized spacial score (nSPS) is 12.4. The van der Waals surface area contributed by atoms with Gasteiger partial charge in [0.25, 0.3) is 0 Å². The van der Waals surface area contributed by atoms with E-state index in [1.807, 2.05) is 23.9 Å². The molecule has 0 radical (unpaired) electrons. The van der Waals surface area contributed by atoms with Gasteiger partial charge in [-0.25, -0.2) is 13.1 Å². The minimum absolute atomic E-state index is 0.303. The van der Waals surface area contributed by atoms with Crippen LogP contribution < -0.4 is 4.72 Å². The molecule has 0 heterocycles. The van der Waals surface area contributed by atoms with E-state index in [1.165, 1.54) is 0 Å². The Morgan fingerprint density at radius 1 is 1.21 bits per heavy atom. The largest absolute Gasteiger partial charge is 0.240 e. The lowest BCUT2D eigenvalue weighted by Gasteiger charge is -2.04. The topological polar surface area (TPSA) is 46.2 Å². The monoisotopic (exact) mass is 299 g/mol. The fourth-order valence-electron chi connectivity index (χ4n) is 1.36. The maximum Gasteiger partial charge on any atom is 0.240 e. The van der Waals surface area contributed by atoms with Crippen molar-refractivity contribution >= 4 is 21.8 Å². The third kappa shape index (κ3) is 6.80. The molecule has 19 heavy (non-hydrogen) atoms. The Balaban J connectivity index is 2.31. The minimum Gasteiger partial charge on any atom is -0.207 e. The average Bonchev–Trinajstić information content (AvgIpc) is 2.38. The van der Waals surface area contributed by atoms with Gasteiger partial charge in [-0.05, 0) is 23.8 Å². The molecular weight excluding hydrogens is 278 g/mol. The smallest absolute Gasteiger partial charge is 0.207 e. The van der Waals surface area contributed by atoms with Gasteiger partial charge < -0.3 is 0 Å². The van der Waals surface area contributed by atoms with E-state index in [4.69, 9.17) is 0 Å². The lowest BCUT2D eigenvalue weighted by Crippen LogP contribution is -2.23. The van der Waals surface area contributed by atoms with Gasteiger partial charge in [-0.15, -0.1) is 0 Å². The van der Waals surface area contributed by atoms with Crippen molar-refractivity contribution in [3.05, 3.63) is 42.5 Å². The van der Waals surface area contributed by atoms with Gasteiger partial charge >= 0.3 is 0 Å². The highest BCUT2D eigenvalue weighted by Crippen LogP contribution is 2.08. The van der Waals surface area contributed by atoms with Gasteiger partial charge in [0.1, 0.15) is 0 Å². The maximum absolute atomic E-state index is 11.9. The van der Waals surface area contributed by atoms with Crippen LogP contribution in [0, 0.1) is 5.92 Å². The average molecular weight is 299 g/mol. The summed E-state index contributed by atoms with van der Waals surface area (Å²) in [5, 5.41) is 0. The Kier molecular flexibility index (Phi) is 7.20. The van der Waals surface area contributed by atoms with Crippen molar-refractivity contribution in [3.8, 4) is 0 Å². The molecule has 1 rings (SSSR count). The van der Waals surface area contributed by atoms with Crippen LogP contribution in [0.5, 0.6) is 0 Å². The Bertz CT molecular complexity index is 481. The zero-order chi connectivity index (χ0) is 14.1. The first-order valence-electron chi connectivity index (χ1n) is 6.30. The molecule has 5 heteroatoms. The molecular formula is C14H21NO2S2. The van der Waals surface area contributed by atoms with Crippen LogP contribution in [0.4, 0.5) is 0 Å². The first-order chi connectivity index (χ1) is 9.02. The van der Waals surface area contributed by atoms with Crippen molar-refractivity contribution in [1.29, 1.82) is 0 Å². The van der Waals surface area contributed by atoms with Gasteiger partial charge in [-0.2, -0.15) is 11.8 Å². The molecule has 0 atom stereocenters. The van der Waals surface area contributed by atoms with E-state index in [-0.39, 0.29) is 0 Å². The van der Waals surface area contributed by atoms with Gasteiger partial charge in [0.15, 0.2) is 0 Å². The van der Waals surface area contributed by atoms with Gasteiger partial charge in [-0.1, -0.05) is 44.2 Å². The Hall–Kier alpha value is -0.780. The fraction of sp³-hybridized carbons (Fsp3) is 0.429. The maximum atomic E-state index is 11.9. The lowest BCUT2D eigenvalue weighted by atomic mass is 10.3. The molecule has 0 bridgehead atoms. The predicted molar refractivity (Wildman–Crippen MR) is 82.9 cm³/mol. The molecule has 0 spiro atoms. The van der Waals surface area contributed by atoms with Crippen LogP contribution in [0.1, 0.15) is 13.8 Å². The summed E-state index contributed by atoms with van der Waals surface area (Å²) in [4.78, 5) is 0.303. The molecule has 0 amide bonds. The number of nitrogens with one attached hydrogen (secondary N) is 1. The lowest BCUT2D eigenvalue weighted by molar-refractivity contribution is 0.585. The van der Waals surface area contributed by atoms with Gasteiger partial charge in [0, 0.05) is 12.3 Å². The summed E-state index contributed by atoms with van der Waals surface area (Å²) >= 11 is 1.85. The Morgan fingerprint density at radius 2 is 1.89 bits per heavy atom. The zero-order valence-corrected chi connectivity index (χ0v) is 13.0. The van der Waals surface area contributed by atoms with E-state index in [0.717, 1.165) is 11.5 Å². The van der Waals surface area contributed by atoms with Crippen LogP contribution in [-0.4, -0.2) is 26.5 Å². The summed E-state index contributed by atoms with van der Waals surface area (Å²) in [5.41, 5.74) is 0. The first-order valence-corrected chi connectivity index (χ1v) is 8.93. The van der Waals surface area contributed by atoms with Crippen LogP contribution in [0.15, 0.2) is 47.4 Å². The quantitative estimate of drug-likeness (QED) is 0.593. The van der Waals surface area contributed by atoms with Gasteiger partial charge in [0.05, 0.1) is 4.90 Å². The van der Waals surface area contributed by atoms with Crippen LogP contribution >= 0.6 is 11.8 Å². The Labute approximate surface area is 120 Å². The van der Waals surface area contributed by atoms with Gasteiger partial charge in [0.2, 0.25) is 10.0 Å². The fourth-order valence-corrected chi connectivity index (χ4v) is 3.24. The molecule has 106 valence electrons. The van der Waals surface area contributed by atoms with Crippen molar-refractivity contribution < 1.29 is 8.42 Å². The van der Waals surface area contributed by atoms with E-state index in [2.05, 4.69) is 18.6 Å². The van der Waals surface area contributed by atoms with E-state index >= 15 is 0 Å². The highest BCUT2D eigenvalue weighted by molar-refractivity contribution is 7.99.